The van der Waals surface area contributed by atoms with E-state index in [4.69, 9.17) is 5.11 Å². The van der Waals surface area contributed by atoms with Crippen LogP contribution >= 0.6 is 0 Å². The largest absolute Gasteiger partial charge is 0.481 e. The van der Waals surface area contributed by atoms with Crippen molar-refractivity contribution in [2.24, 2.45) is 5.92 Å². The number of carboxylic acid groups (broad SMARTS) is 1. The SMILES string of the molecule is Cc1cccc(N2CCN(C3CCC(C(=O)O)CC3)CC2)c1. The van der Waals surface area contributed by atoms with Gasteiger partial charge < -0.3 is 10.0 Å². The van der Waals surface area contributed by atoms with E-state index in [9.17, 15) is 4.79 Å². The smallest absolute Gasteiger partial charge is 0.306 e. The van der Waals surface area contributed by atoms with Crippen molar-refractivity contribution in [1.82, 2.24) is 4.90 Å². The molecule has 1 saturated heterocycles. The van der Waals surface area contributed by atoms with E-state index in [1.807, 2.05) is 0 Å². The van der Waals surface area contributed by atoms with Crippen molar-refractivity contribution in [1.29, 1.82) is 0 Å². The molecule has 2 aliphatic rings. The number of aryl methyl sites for hydroxylation is 1. The van der Waals surface area contributed by atoms with Crippen LogP contribution in [0.2, 0.25) is 0 Å². The maximum Gasteiger partial charge on any atom is 0.306 e. The summed E-state index contributed by atoms with van der Waals surface area (Å²) < 4.78 is 0. The van der Waals surface area contributed by atoms with E-state index in [-0.39, 0.29) is 5.92 Å². The van der Waals surface area contributed by atoms with Crippen LogP contribution in [-0.2, 0) is 4.79 Å². The summed E-state index contributed by atoms with van der Waals surface area (Å²) in [6.45, 7) is 6.47. The van der Waals surface area contributed by atoms with Gasteiger partial charge in [-0.15, -0.1) is 0 Å². The fourth-order valence-corrected chi connectivity index (χ4v) is 3.86. The van der Waals surface area contributed by atoms with Crippen LogP contribution in [-0.4, -0.2) is 48.2 Å². The first-order valence-corrected chi connectivity index (χ1v) is 8.42. The summed E-state index contributed by atoms with van der Waals surface area (Å²) in [5.41, 5.74) is 2.64. The minimum Gasteiger partial charge on any atom is -0.481 e. The normalized spacial score (nSPS) is 26.9. The number of piperazine rings is 1. The van der Waals surface area contributed by atoms with Crippen LogP contribution in [0, 0.1) is 12.8 Å². The number of carbonyl (C=O) groups is 1. The zero-order valence-corrected chi connectivity index (χ0v) is 13.4. The Balaban J connectivity index is 1.51. The van der Waals surface area contributed by atoms with Gasteiger partial charge in [-0.05, 0) is 50.3 Å². The Hall–Kier alpha value is -1.55. The third-order valence-corrected chi connectivity index (χ3v) is 5.24. The number of rotatable bonds is 3. The van der Waals surface area contributed by atoms with E-state index in [1.54, 1.807) is 0 Å². The number of hydrogen-bond donors (Lipinski definition) is 1. The molecule has 22 heavy (non-hydrogen) atoms. The summed E-state index contributed by atoms with van der Waals surface area (Å²) in [7, 11) is 0. The van der Waals surface area contributed by atoms with E-state index in [2.05, 4.69) is 41.0 Å². The third-order valence-electron chi connectivity index (χ3n) is 5.24. The van der Waals surface area contributed by atoms with Crippen molar-refractivity contribution in [2.45, 2.75) is 38.6 Å². The topological polar surface area (TPSA) is 43.8 Å². The summed E-state index contributed by atoms with van der Waals surface area (Å²) in [5, 5.41) is 9.10. The average molecular weight is 302 g/mol. The highest BCUT2D eigenvalue weighted by molar-refractivity contribution is 5.70. The molecule has 1 N–H and O–H groups in total. The first kappa shape index (κ1) is 15.3. The van der Waals surface area contributed by atoms with Crippen molar-refractivity contribution in [2.75, 3.05) is 31.1 Å². The van der Waals surface area contributed by atoms with Gasteiger partial charge in [-0.2, -0.15) is 0 Å². The second-order valence-electron chi connectivity index (χ2n) is 6.71. The van der Waals surface area contributed by atoms with Gasteiger partial charge in [0.05, 0.1) is 5.92 Å². The van der Waals surface area contributed by atoms with Gasteiger partial charge in [0.25, 0.3) is 0 Å². The van der Waals surface area contributed by atoms with Gasteiger partial charge in [-0.1, -0.05) is 12.1 Å². The van der Waals surface area contributed by atoms with Gasteiger partial charge in [-0.25, -0.2) is 0 Å². The fraction of sp³-hybridized carbons (Fsp3) is 0.611. The predicted molar refractivity (Wildman–Crippen MR) is 88.3 cm³/mol. The number of anilines is 1. The minimum atomic E-state index is -0.609. The monoisotopic (exact) mass is 302 g/mol. The standard InChI is InChI=1S/C18H26N2O2/c1-14-3-2-4-17(13-14)20-11-9-19(10-12-20)16-7-5-15(6-8-16)18(21)22/h2-4,13,15-16H,5-12H2,1H3,(H,21,22). The Kier molecular flexibility index (Phi) is 4.67. The van der Waals surface area contributed by atoms with E-state index in [1.165, 1.54) is 11.3 Å². The molecule has 4 nitrogen and oxygen atoms in total. The van der Waals surface area contributed by atoms with Gasteiger partial charge >= 0.3 is 5.97 Å². The zero-order valence-electron chi connectivity index (χ0n) is 13.4. The molecule has 0 aromatic heterocycles. The lowest BCUT2D eigenvalue weighted by atomic mass is 9.85. The Morgan fingerprint density at radius 3 is 2.36 bits per heavy atom. The Labute approximate surface area is 132 Å². The summed E-state index contributed by atoms with van der Waals surface area (Å²) in [6, 6.07) is 9.31. The summed E-state index contributed by atoms with van der Waals surface area (Å²) in [4.78, 5) is 16.1. The second kappa shape index (κ2) is 6.69. The van der Waals surface area contributed by atoms with Gasteiger partial charge in [0.1, 0.15) is 0 Å². The molecular formula is C18H26N2O2. The summed E-state index contributed by atoms with van der Waals surface area (Å²) in [6.07, 6.45) is 3.78. The average Bonchev–Trinajstić information content (AvgIpc) is 2.55. The molecule has 0 unspecified atom stereocenters. The van der Waals surface area contributed by atoms with Crippen molar-refractivity contribution in [3.63, 3.8) is 0 Å². The van der Waals surface area contributed by atoms with Crippen LogP contribution in [0.25, 0.3) is 0 Å². The molecule has 120 valence electrons. The van der Waals surface area contributed by atoms with Crippen LogP contribution in [0.15, 0.2) is 24.3 Å². The first-order chi connectivity index (χ1) is 10.6. The molecule has 0 radical (unpaired) electrons. The van der Waals surface area contributed by atoms with E-state index >= 15 is 0 Å². The molecule has 3 rings (SSSR count). The van der Waals surface area contributed by atoms with Crippen LogP contribution in [0.3, 0.4) is 0 Å². The van der Waals surface area contributed by atoms with Crippen LogP contribution in [0.5, 0.6) is 0 Å². The van der Waals surface area contributed by atoms with E-state index in [0.717, 1.165) is 51.9 Å². The minimum absolute atomic E-state index is 0.107. The van der Waals surface area contributed by atoms with Crippen molar-refractivity contribution in [3.8, 4) is 0 Å². The maximum absolute atomic E-state index is 11.0. The highest BCUT2D eigenvalue weighted by Gasteiger charge is 2.30. The molecule has 4 heteroatoms. The molecule has 0 spiro atoms. The highest BCUT2D eigenvalue weighted by atomic mass is 16.4. The number of benzene rings is 1. The maximum atomic E-state index is 11.0. The summed E-state index contributed by atoms with van der Waals surface area (Å²) >= 11 is 0. The Bertz CT molecular complexity index is 516. The Morgan fingerprint density at radius 1 is 1.09 bits per heavy atom. The molecule has 1 heterocycles. The first-order valence-electron chi connectivity index (χ1n) is 8.42. The molecular weight excluding hydrogens is 276 g/mol. The second-order valence-corrected chi connectivity index (χ2v) is 6.71. The lowest BCUT2D eigenvalue weighted by Crippen LogP contribution is -2.51. The molecule has 1 aliphatic heterocycles. The molecule has 0 bridgehead atoms. The third kappa shape index (κ3) is 3.43. The van der Waals surface area contributed by atoms with Gasteiger partial charge in [0.15, 0.2) is 0 Å². The van der Waals surface area contributed by atoms with Crippen LogP contribution in [0.1, 0.15) is 31.2 Å². The molecule has 0 atom stereocenters. The molecule has 2 fully saturated rings. The lowest BCUT2D eigenvalue weighted by Gasteiger charge is -2.42. The van der Waals surface area contributed by atoms with Gasteiger partial charge in [-0.3, -0.25) is 9.69 Å². The van der Waals surface area contributed by atoms with Crippen LogP contribution < -0.4 is 4.90 Å². The van der Waals surface area contributed by atoms with Crippen molar-refractivity contribution < 1.29 is 9.90 Å². The lowest BCUT2D eigenvalue weighted by molar-refractivity contribution is -0.143. The molecule has 1 saturated carbocycles. The van der Waals surface area contributed by atoms with E-state index in [0.29, 0.717) is 6.04 Å². The highest BCUT2D eigenvalue weighted by Crippen LogP contribution is 2.29. The van der Waals surface area contributed by atoms with Crippen molar-refractivity contribution in [3.05, 3.63) is 29.8 Å². The molecule has 0 amide bonds. The molecule has 1 aromatic carbocycles. The number of carboxylic acids is 1. The Morgan fingerprint density at radius 2 is 1.77 bits per heavy atom. The number of hydrogen-bond acceptors (Lipinski definition) is 3. The van der Waals surface area contributed by atoms with Gasteiger partial charge in [0.2, 0.25) is 0 Å². The zero-order chi connectivity index (χ0) is 15.5. The van der Waals surface area contributed by atoms with E-state index < -0.39 is 5.97 Å². The predicted octanol–water partition coefficient (Wildman–Crippen LogP) is 2.76. The van der Waals surface area contributed by atoms with Crippen molar-refractivity contribution >= 4 is 11.7 Å². The quantitative estimate of drug-likeness (QED) is 0.932. The van der Waals surface area contributed by atoms with Gasteiger partial charge in [0, 0.05) is 37.9 Å². The molecule has 1 aliphatic carbocycles. The number of aliphatic carboxylic acids is 1. The number of nitrogens with zero attached hydrogens (tertiary/aromatic N) is 2. The molecule has 1 aromatic rings. The fourth-order valence-electron chi connectivity index (χ4n) is 3.86. The van der Waals surface area contributed by atoms with Crippen LogP contribution in [0.4, 0.5) is 5.69 Å². The summed E-state index contributed by atoms with van der Waals surface area (Å²) in [5.74, 6) is -0.715.